The highest BCUT2D eigenvalue weighted by Crippen LogP contribution is 2.30. The van der Waals surface area contributed by atoms with Crippen LogP contribution in [0, 0.1) is 0 Å². The second-order valence-electron chi connectivity index (χ2n) is 5.96. The van der Waals surface area contributed by atoms with E-state index in [0.29, 0.717) is 10.7 Å². The molecule has 2 aromatic carbocycles. The summed E-state index contributed by atoms with van der Waals surface area (Å²) in [6.07, 6.45) is 0. The first-order chi connectivity index (χ1) is 12.7. The molecule has 0 unspecified atom stereocenters. The highest BCUT2D eigenvalue weighted by atomic mass is 35.5. The van der Waals surface area contributed by atoms with Crippen LogP contribution in [0.4, 0.5) is 5.69 Å². The molecule has 3 aromatic rings. The van der Waals surface area contributed by atoms with E-state index in [1.54, 1.807) is 24.3 Å². The summed E-state index contributed by atoms with van der Waals surface area (Å²) < 4.78 is 28.1. The molecule has 0 fully saturated rings. The molecule has 0 bridgehead atoms. The lowest BCUT2D eigenvalue weighted by atomic mass is 10.2. The Bertz CT molecular complexity index is 1170. The van der Waals surface area contributed by atoms with Crippen LogP contribution in [-0.2, 0) is 17.1 Å². The van der Waals surface area contributed by atoms with E-state index < -0.39 is 10.0 Å². The molecule has 0 aliphatic carbocycles. The molecule has 5 nitrogen and oxygen atoms in total. The Morgan fingerprint density at radius 1 is 1.07 bits per heavy atom. The van der Waals surface area contributed by atoms with Gasteiger partial charge in [0.15, 0.2) is 4.80 Å². The van der Waals surface area contributed by atoms with Crippen LogP contribution < -0.4 is 4.80 Å². The highest BCUT2D eigenvalue weighted by Gasteiger charge is 2.22. The summed E-state index contributed by atoms with van der Waals surface area (Å²) in [5, 5.41) is 2.68. The van der Waals surface area contributed by atoms with Gasteiger partial charge in [-0.2, -0.15) is 0 Å². The Hall–Kier alpha value is -1.64. The van der Waals surface area contributed by atoms with Crippen molar-refractivity contribution in [1.82, 2.24) is 8.87 Å². The van der Waals surface area contributed by atoms with E-state index in [1.165, 1.54) is 25.4 Å². The Morgan fingerprint density at radius 2 is 1.78 bits per heavy atom. The van der Waals surface area contributed by atoms with E-state index in [9.17, 15) is 8.42 Å². The molecule has 0 radical (unpaired) electrons. The topological polar surface area (TPSA) is 54.7 Å². The van der Waals surface area contributed by atoms with Crippen LogP contribution in [0.3, 0.4) is 0 Å². The molecule has 9 heteroatoms. The lowest BCUT2D eigenvalue weighted by molar-refractivity contribution is 0.521. The van der Waals surface area contributed by atoms with Crippen LogP contribution in [0.2, 0.25) is 10.0 Å². The van der Waals surface area contributed by atoms with Crippen LogP contribution in [0.25, 0.3) is 11.3 Å². The van der Waals surface area contributed by atoms with Crippen molar-refractivity contribution in [3.63, 3.8) is 0 Å². The zero-order valence-electron chi connectivity index (χ0n) is 14.8. The van der Waals surface area contributed by atoms with Crippen molar-refractivity contribution in [2.24, 2.45) is 12.0 Å². The number of aromatic nitrogens is 1. The summed E-state index contributed by atoms with van der Waals surface area (Å²) in [6.45, 7) is 0. The number of thiazole rings is 1. The van der Waals surface area contributed by atoms with Crippen LogP contribution in [0.1, 0.15) is 0 Å². The van der Waals surface area contributed by atoms with Crippen molar-refractivity contribution in [1.29, 1.82) is 0 Å². The molecule has 27 heavy (non-hydrogen) atoms. The normalized spacial score (nSPS) is 12.7. The fourth-order valence-electron chi connectivity index (χ4n) is 2.44. The van der Waals surface area contributed by atoms with Crippen molar-refractivity contribution in [2.45, 2.75) is 4.90 Å². The summed E-state index contributed by atoms with van der Waals surface area (Å²) in [5.41, 5.74) is 2.24. The Kier molecular flexibility index (Phi) is 5.79. The number of nitrogens with zero attached hydrogens (tertiary/aromatic N) is 3. The molecule has 0 saturated heterocycles. The fourth-order valence-corrected chi connectivity index (χ4v) is 4.93. The third-order valence-electron chi connectivity index (χ3n) is 3.98. The maximum Gasteiger partial charge on any atom is 0.244 e. The van der Waals surface area contributed by atoms with Crippen LogP contribution in [-0.4, -0.2) is 31.4 Å². The molecular weight excluding hydrogens is 425 g/mol. The highest BCUT2D eigenvalue weighted by molar-refractivity contribution is 7.89. The van der Waals surface area contributed by atoms with Gasteiger partial charge in [-0.05, 0) is 24.3 Å². The molecule has 0 saturated carbocycles. The van der Waals surface area contributed by atoms with E-state index in [1.807, 2.05) is 35.2 Å². The number of hydrogen-bond donors (Lipinski definition) is 0. The van der Waals surface area contributed by atoms with Crippen LogP contribution in [0.15, 0.2) is 57.7 Å². The predicted octanol–water partition coefficient (Wildman–Crippen LogP) is 4.54. The summed E-state index contributed by atoms with van der Waals surface area (Å²) in [6, 6.07) is 12.3. The number of para-hydroxylation sites is 1. The van der Waals surface area contributed by atoms with E-state index in [2.05, 4.69) is 4.99 Å². The van der Waals surface area contributed by atoms with E-state index in [4.69, 9.17) is 23.2 Å². The van der Waals surface area contributed by atoms with E-state index in [-0.39, 0.29) is 9.92 Å². The van der Waals surface area contributed by atoms with Crippen molar-refractivity contribution >= 4 is 50.2 Å². The molecule has 1 heterocycles. The maximum absolute atomic E-state index is 12.5. The molecule has 0 spiro atoms. The minimum atomic E-state index is -3.64. The maximum atomic E-state index is 12.5. The zero-order chi connectivity index (χ0) is 19.8. The van der Waals surface area contributed by atoms with Crippen LogP contribution in [0.5, 0.6) is 0 Å². The Labute approximate surface area is 172 Å². The first kappa shape index (κ1) is 20.1. The molecule has 0 aliphatic rings. The van der Waals surface area contributed by atoms with Gasteiger partial charge in [0, 0.05) is 32.1 Å². The second kappa shape index (κ2) is 7.77. The second-order valence-corrected chi connectivity index (χ2v) is 9.73. The minimum Gasteiger partial charge on any atom is -0.320 e. The molecular formula is C18H17Cl2N3O2S2. The Balaban J connectivity index is 2.12. The van der Waals surface area contributed by atoms with Crippen LogP contribution >= 0.6 is 34.5 Å². The molecule has 142 valence electrons. The van der Waals surface area contributed by atoms with Gasteiger partial charge in [-0.15, -0.1) is 11.3 Å². The average molecular weight is 442 g/mol. The molecule has 3 rings (SSSR count). The van der Waals surface area contributed by atoms with Gasteiger partial charge in [0.05, 0.1) is 21.4 Å². The van der Waals surface area contributed by atoms with Crippen molar-refractivity contribution < 1.29 is 8.42 Å². The number of rotatable bonds is 4. The van der Waals surface area contributed by atoms with Crippen molar-refractivity contribution in [3.8, 4) is 11.3 Å². The lowest BCUT2D eigenvalue weighted by Gasteiger charge is -2.14. The molecule has 0 amide bonds. The van der Waals surface area contributed by atoms with E-state index >= 15 is 0 Å². The first-order valence-electron chi connectivity index (χ1n) is 7.88. The molecule has 1 aromatic heterocycles. The largest absolute Gasteiger partial charge is 0.320 e. The number of hydrogen-bond acceptors (Lipinski definition) is 4. The quantitative estimate of drug-likeness (QED) is 0.596. The summed E-state index contributed by atoms with van der Waals surface area (Å²) >= 11 is 13.8. The lowest BCUT2D eigenvalue weighted by Crippen LogP contribution is -2.22. The minimum absolute atomic E-state index is 0.0717. The van der Waals surface area contributed by atoms with Gasteiger partial charge < -0.3 is 4.57 Å². The summed E-state index contributed by atoms with van der Waals surface area (Å²) in [4.78, 5) is 5.41. The van der Waals surface area contributed by atoms with Crippen molar-refractivity contribution in [3.05, 3.63) is 62.7 Å². The predicted molar refractivity (Wildman–Crippen MR) is 111 cm³/mol. The summed E-state index contributed by atoms with van der Waals surface area (Å²) in [7, 11) is 1.18. The SMILES string of the molecule is CN(C)S(=O)(=O)c1cc(-c2cs/c(=N/c3ccccc3Cl)n2C)ccc1Cl. The zero-order valence-corrected chi connectivity index (χ0v) is 18.0. The Morgan fingerprint density at radius 3 is 2.44 bits per heavy atom. The summed E-state index contributed by atoms with van der Waals surface area (Å²) in [5.74, 6) is 0. The standard InChI is InChI=1S/C18H17Cl2N3O2S2/c1-22(2)27(24,25)17-10-12(8-9-14(17)20)16-11-26-18(23(16)3)21-15-7-5-4-6-13(15)19/h4-11H,1-3H3/b21-18+. The monoisotopic (exact) mass is 441 g/mol. The van der Waals surface area contributed by atoms with Gasteiger partial charge in [0.1, 0.15) is 4.90 Å². The number of halogens is 2. The molecule has 0 N–H and O–H groups in total. The van der Waals surface area contributed by atoms with Gasteiger partial charge in [-0.25, -0.2) is 17.7 Å². The fraction of sp³-hybridized carbons (Fsp3) is 0.167. The van der Waals surface area contributed by atoms with Gasteiger partial charge in [0.2, 0.25) is 10.0 Å². The van der Waals surface area contributed by atoms with Gasteiger partial charge in [0.25, 0.3) is 0 Å². The third kappa shape index (κ3) is 3.97. The number of benzene rings is 2. The number of sulfonamides is 1. The average Bonchev–Trinajstić information content (AvgIpc) is 2.98. The first-order valence-corrected chi connectivity index (χ1v) is 11.0. The van der Waals surface area contributed by atoms with Crippen molar-refractivity contribution in [2.75, 3.05) is 14.1 Å². The van der Waals surface area contributed by atoms with E-state index in [0.717, 1.165) is 20.4 Å². The van der Waals surface area contributed by atoms with Gasteiger partial charge in [-0.3, -0.25) is 0 Å². The van der Waals surface area contributed by atoms with Gasteiger partial charge in [-0.1, -0.05) is 41.4 Å². The molecule has 0 atom stereocenters. The molecule has 0 aliphatic heterocycles. The third-order valence-corrected chi connectivity index (χ3v) is 7.51. The van der Waals surface area contributed by atoms with Gasteiger partial charge >= 0.3 is 0 Å². The smallest absolute Gasteiger partial charge is 0.244 e.